The Morgan fingerprint density at radius 2 is 1.83 bits per heavy atom. The minimum absolute atomic E-state index is 0.228. The molecule has 0 aliphatic carbocycles. The number of rotatable bonds is 3. The number of anilines is 1. The van der Waals surface area contributed by atoms with Crippen LogP contribution < -0.4 is 10.6 Å². The van der Waals surface area contributed by atoms with Crippen LogP contribution >= 0.6 is 0 Å². The van der Waals surface area contributed by atoms with Gasteiger partial charge in [0, 0.05) is 31.9 Å². The Kier molecular flexibility index (Phi) is 4.25. The summed E-state index contributed by atoms with van der Waals surface area (Å²) in [7, 11) is 0. The molecule has 2 rings (SSSR count). The van der Waals surface area contributed by atoms with Crippen molar-refractivity contribution in [3.05, 3.63) is 29.3 Å². The van der Waals surface area contributed by atoms with Crippen LogP contribution in [-0.2, 0) is 0 Å². The molecule has 0 bridgehead atoms. The van der Waals surface area contributed by atoms with Crippen molar-refractivity contribution < 1.29 is 0 Å². The van der Waals surface area contributed by atoms with E-state index in [2.05, 4.69) is 48.8 Å². The van der Waals surface area contributed by atoms with Gasteiger partial charge < -0.3 is 10.6 Å². The van der Waals surface area contributed by atoms with Crippen molar-refractivity contribution in [2.24, 2.45) is 5.73 Å². The lowest BCUT2D eigenvalue weighted by Crippen LogP contribution is -2.53. The second kappa shape index (κ2) is 5.72. The predicted octanol–water partition coefficient (Wildman–Crippen LogP) is 2.12. The fourth-order valence-corrected chi connectivity index (χ4v) is 2.63. The zero-order valence-electron chi connectivity index (χ0n) is 11.8. The number of piperazine rings is 1. The topological polar surface area (TPSA) is 32.5 Å². The smallest absolute Gasteiger partial charge is 0.0570 e. The van der Waals surface area contributed by atoms with Crippen LogP contribution in [0.2, 0.25) is 0 Å². The highest BCUT2D eigenvalue weighted by Crippen LogP contribution is 2.24. The van der Waals surface area contributed by atoms with E-state index in [-0.39, 0.29) is 6.17 Å². The van der Waals surface area contributed by atoms with E-state index in [1.165, 1.54) is 16.8 Å². The van der Waals surface area contributed by atoms with E-state index in [1.807, 2.05) is 0 Å². The van der Waals surface area contributed by atoms with Gasteiger partial charge in [-0.05, 0) is 37.5 Å². The van der Waals surface area contributed by atoms with Gasteiger partial charge in [0.05, 0.1) is 6.17 Å². The van der Waals surface area contributed by atoms with E-state index in [9.17, 15) is 0 Å². The molecule has 1 atom stereocenters. The molecule has 18 heavy (non-hydrogen) atoms. The fraction of sp³-hybridized carbons (Fsp3) is 0.600. The monoisotopic (exact) mass is 247 g/mol. The highest BCUT2D eigenvalue weighted by Gasteiger charge is 2.21. The minimum Gasteiger partial charge on any atom is -0.369 e. The second-order valence-electron chi connectivity index (χ2n) is 5.22. The third-order valence-corrected chi connectivity index (χ3v) is 4.12. The first-order chi connectivity index (χ1) is 8.63. The quantitative estimate of drug-likeness (QED) is 0.888. The Morgan fingerprint density at radius 3 is 2.44 bits per heavy atom. The largest absolute Gasteiger partial charge is 0.369 e. The molecular weight excluding hydrogens is 222 g/mol. The maximum atomic E-state index is 6.09. The minimum atomic E-state index is 0.228. The average Bonchev–Trinajstić information content (AvgIpc) is 2.41. The molecule has 1 aliphatic rings. The molecule has 1 aromatic carbocycles. The Labute approximate surface area is 111 Å². The lowest BCUT2D eigenvalue weighted by atomic mass is 10.1. The van der Waals surface area contributed by atoms with Gasteiger partial charge in [0.15, 0.2) is 0 Å². The van der Waals surface area contributed by atoms with E-state index in [1.54, 1.807) is 0 Å². The van der Waals surface area contributed by atoms with Crippen LogP contribution in [0.5, 0.6) is 0 Å². The van der Waals surface area contributed by atoms with E-state index in [4.69, 9.17) is 5.73 Å². The van der Waals surface area contributed by atoms with E-state index in [0.29, 0.717) is 0 Å². The van der Waals surface area contributed by atoms with E-state index >= 15 is 0 Å². The van der Waals surface area contributed by atoms with Crippen LogP contribution in [0, 0.1) is 13.8 Å². The molecule has 3 nitrogen and oxygen atoms in total. The maximum Gasteiger partial charge on any atom is 0.0570 e. The number of hydrogen-bond donors (Lipinski definition) is 1. The molecular formula is C15H25N3. The normalized spacial score (nSPS) is 19.0. The molecule has 3 heteroatoms. The molecule has 1 fully saturated rings. The number of nitrogens with zero attached hydrogens (tertiary/aromatic N) is 2. The van der Waals surface area contributed by atoms with Crippen LogP contribution in [0.15, 0.2) is 18.2 Å². The summed E-state index contributed by atoms with van der Waals surface area (Å²) in [6.45, 7) is 10.9. The van der Waals surface area contributed by atoms with Gasteiger partial charge in [-0.25, -0.2) is 0 Å². The van der Waals surface area contributed by atoms with Crippen LogP contribution in [0.1, 0.15) is 24.5 Å². The molecule has 1 aliphatic heterocycles. The second-order valence-corrected chi connectivity index (χ2v) is 5.22. The molecule has 0 radical (unpaired) electrons. The SMILES string of the molecule is CCC(N)N1CCN(c2cccc(C)c2C)CC1. The zero-order valence-corrected chi connectivity index (χ0v) is 11.8. The van der Waals surface area contributed by atoms with Crippen LogP contribution in [0.4, 0.5) is 5.69 Å². The van der Waals surface area contributed by atoms with Gasteiger partial charge in [-0.2, -0.15) is 0 Å². The first kappa shape index (κ1) is 13.4. The fourth-order valence-electron chi connectivity index (χ4n) is 2.63. The molecule has 0 spiro atoms. The maximum absolute atomic E-state index is 6.09. The van der Waals surface area contributed by atoms with Gasteiger partial charge in [-0.1, -0.05) is 19.1 Å². The summed E-state index contributed by atoms with van der Waals surface area (Å²) in [5, 5.41) is 0. The molecule has 0 aromatic heterocycles. The first-order valence-corrected chi connectivity index (χ1v) is 6.94. The molecule has 1 saturated heterocycles. The van der Waals surface area contributed by atoms with Gasteiger partial charge in [-0.15, -0.1) is 0 Å². The van der Waals surface area contributed by atoms with Crippen molar-refractivity contribution in [2.45, 2.75) is 33.4 Å². The van der Waals surface area contributed by atoms with E-state index in [0.717, 1.165) is 32.6 Å². The van der Waals surface area contributed by atoms with Gasteiger partial charge in [0.2, 0.25) is 0 Å². The summed E-state index contributed by atoms with van der Waals surface area (Å²) in [6, 6.07) is 6.57. The predicted molar refractivity (Wildman–Crippen MR) is 78.0 cm³/mol. The molecule has 0 saturated carbocycles. The number of nitrogens with two attached hydrogens (primary N) is 1. The van der Waals surface area contributed by atoms with Gasteiger partial charge >= 0.3 is 0 Å². The lowest BCUT2D eigenvalue weighted by Gasteiger charge is -2.39. The van der Waals surface area contributed by atoms with Crippen LogP contribution in [0.25, 0.3) is 0 Å². The van der Waals surface area contributed by atoms with Crippen molar-refractivity contribution in [1.29, 1.82) is 0 Å². The zero-order chi connectivity index (χ0) is 13.1. The molecule has 1 aromatic rings. The molecule has 100 valence electrons. The number of aryl methyl sites for hydroxylation is 1. The Balaban J connectivity index is 2.03. The molecule has 0 amide bonds. The molecule has 1 heterocycles. The summed E-state index contributed by atoms with van der Waals surface area (Å²) in [5.74, 6) is 0. The summed E-state index contributed by atoms with van der Waals surface area (Å²) in [5.41, 5.74) is 10.3. The van der Waals surface area contributed by atoms with Gasteiger partial charge in [0.25, 0.3) is 0 Å². The van der Waals surface area contributed by atoms with Crippen LogP contribution in [0.3, 0.4) is 0 Å². The van der Waals surface area contributed by atoms with Crippen molar-refractivity contribution >= 4 is 5.69 Å². The Hall–Kier alpha value is -1.06. The standard InChI is InChI=1S/C15H25N3/c1-4-15(16)18-10-8-17(9-11-18)14-7-5-6-12(2)13(14)3/h5-7,15H,4,8-11,16H2,1-3H3. The third kappa shape index (κ3) is 2.68. The van der Waals surface area contributed by atoms with Crippen LogP contribution in [-0.4, -0.2) is 37.2 Å². The van der Waals surface area contributed by atoms with Gasteiger partial charge in [0.1, 0.15) is 0 Å². The summed E-state index contributed by atoms with van der Waals surface area (Å²) >= 11 is 0. The summed E-state index contributed by atoms with van der Waals surface area (Å²) < 4.78 is 0. The third-order valence-electron chi connectivity index (χ3n) is 4.12. The van der Waals surface area contributed by atoms with E-state index < -0.39 is 0 Å². The lowest BCUT2D eigenvalue weighted by molar-refractivity contribution is 0.184. The number of hydrogen-bond acceptors (Lipinski definition) is 3. The summed E-state index contributed by atoms with van der Waals surface area (Å²) in [6.07, 6.45) is 1.26. The first-order valence-electron chi connectivity index (χ1n) is 6.94. The Morgan fingerprint density at radius 1 is 1.17 bits per heavy atom. The highest BCUT2D eigenvalue weighted by molar-refractivity contribution is 5.56. The Bertz CT molecular complexity index is 395. The summed E-state index contributed by atoms with van der Waals surface area (Å²) in [4.78, 5) is 4.88. The highest BCUT2D eigenvalue weighted by atomic mass is 15.3. The molecule has 2 N–H and O–H groups in total. The van der Waals surface area contributed by atoms with Crippen molar-refractivity contribution in [2.75, 3.05) is 31.1 Å². The number of benzene rings is 1. The van der Waals surface area contributed by atoms with Crippen molar-refractivity contribution in [3.8, 4) is 0 Å². The van der Waals surface area contributed by atoms with Gasteiger partial charge in [-0.3, -0.25) is 4.90 Å². The van der Waals surface area contributed by atoms with Crippen molar-refractivity contribution in [1.82, 2.24) is 4.90 Å². The van der Waals surface area contributed by atoms with Crippen molar-refractivity contribution in [3.63, 3.8) is 0 Å². The average molecular weight is 247 g/mol. The molecule has 1 unspecified atom stereocenters.